The van der Waals surface area contributed by atoms with Gasteiger partial charge in [0.05, 0.1) is 6.04 Å². The Morgan fingerprint density at radius 3 is 2.22 bits per heavy atom. The summed E-state index contributed by atoms with van der Waals surface area (Å²) in [5, 5.41) is 0. The normalized spacial score (nSPS) is 15.7. The van der Waals surface area contributed by atoms with Crippen molar-refractivity contribution in [1.82, 2.24) is 0 Å². The van der Waals surface area contributed by atoms with Crippen LogP contribution in [0.1, 0.15) is 19.8 Å². The maximum Gasteiger partial charge on any atom is 0.500 e. The van der Waals surface area contributed by atoms with Crippen LogP contribution in [0.2, 0.25) is 6.04 Å². The van der Waals surface area contributed by atoms with Crippen LogP contribution >= 0.6 is 11.8 Å². The zero-order valence-electron chi connectivity index (χ0n) is 12.1. The predicted octanol–water partition coefficient (Wildman–Crippen LogP) is 0.336. The van der Waals surface area contributed by atoms with E-state index in [0.717, 1.165) is 30.4 Å². The summed E-state index contributed by atoms with van der Waals surface area (Å²) in [6, 6.07) is 1.53. The fourth-order valence-electron chi connectivity index (χ4n) is 1.79. The molecule has 0 aliphatic heterocycles. The van der Waals surface area contributed by atoms with Gasteiger partial charge in [-0.15, -0.1) is 0 Å². The van der Waals surface area contributed by atoms with Crippen LogP contribution in [0.25, 0.3) is 0 Å². The van der Waals surface area contributed by atoms with Crippen molar-refractivity contribution in [2.24, 2.45) is 5.73 Å². The Kier molecular flexibility index (Phi) is 10.4. The van der Waals surface area contributed by atoms with Crippen LogP contribution in [-0.2, 0) is 13.3 Å². The fourth-order valence-corrected chi connectivity index (χ4v) is 4.75. The largest absolute Gasteiger partial charge is 0.500 e. The van der Waals surface area contributed by atoms with Gasteiger partial charge < -0.3 is 24.7 Å². The van der Waals surface area contributed by atoms with E-state index in [2.05, 4.69) is 5.73 Å². The monoisotopic (exact) mass is 297 g/mol. The van der Waals surface area contributed by atoms with Crippen molar-refractivity contribution < 1.29 is 19.0 Å². The minimum Gasteiger partial charge on any atom is -0.377 e. The highest BCUT2D eigenvalue weighted by Crippen LogP contribution is 2.17. The van der Waals surface area contributed by atoms with Crippen molar-refractivity contribution in [3.63, 3.8) is 0 Å². The van der Waals surface area contributed by atoms with Gasteiger partial charge >= 0.3 is 8.80 Å². The van der Waals surface area contributed by atoms with Crippen LogP contribution in [0.5, 0.6) is 0 Å². The van der Waals surface area contributed by atoms with Gasteiger partial charge in [0.25, 0.3) is 0 Å². The zero-order valence-corrected chi connectivity index (χ0v) is 13.9. The molecule has 0 aliphatic carbocycles. The lowest BCUT2D eigenvalue weighted by atomic mass is 10.1. The van der Waals surface area contributed by atoms with Gasteiger partial charge in [-0.3, -0.25) is 0 Å². The van der Waals surface area contributed by atoms with E-state index in [1.807, 2.05) is 18.7 Å². The highest BCUT2D eigenvalue weighted by atomic mass is 32.2. The van der Waals surface area contributed by atoms with Gasteiger partial charge in [0.15, 0.2) is 0 Å². The molecule has 2 unspecified atom stereocenters. The maximum atomic E-state index is 5.74. The number of hydrogen-bond acceptors (Lipinski definition) is 5. The summed E-state index contributed by atoms with van der Waals surface area (Å²) in [4.78, 5) is 0. The van der Waals surface area contributed by atoms with E-state index >= 15 is 0 Å². The van der Waals surface area contributed by atoms with E-state index in [0.29, 0.717) is 6.04 Å². The summed E-state index contributed by atoms with van der Waals surface area (Å²) in [6.45, 7) is 2.03. The van der Waals surface area contributed by atoms with Gasteiger partial charge in [-0.05, 0) is 19.1 Å². The number of thioether (sulfide) groups is 1. The Morgan fingerprint density at radius 1 is 1.22 bits per heavy atom. The summed E-state index contributed by atoms with van der Waals surface area (Å²) < 4.78 is 16.1. The Hall–Kier alpha value is 0.367. The molecule has 0 spiro atoms. The number of quaternary nitrogens is 1. The fraction of sp³-hybridized carbons (Fsp3) is 1.00. The molecule has 0 fully saturated rings. The molecule has 0 amide bonds. The van der Waals surface area contributed by atoms with Crippen molar-refractivity contribution in [3.05, 3.63) is 0 Å². The van der Waals surface area contributed by atoms with E-state index < -0.39 is 8.80 Å². The predicted molar refractivity (Wildman–Crippen MR) is 78.5 cm³/mol. The van der Waals surface area contributed by atoms with E-state index in [-0.39, 0.29) is 6.04 Å². The van der Waals surface area contributed by atoms with Crippen molar-refractivity contribution in [2.75, 3.05) is 32.8 Å². The Labute approximate surface area is 116 Å². The van der Waals surface area contributed by atoms with Crippen LogP contribution in [0.3, 0.4) is 0 Å². The third-order valence-corrected chi connectivity index (χ3v) is 6.88. The van der Waals surface area contributed by atoms with Gasteiger partial charge in [-0.2, -0.15) is 11.8 Å². The van der Waals surface area contributed by atoms with Crippen molar-refractivity contribution in [3.8, 4) is 0 Å². The molecule has 0 aliphatic rings. The van der Waals surface area contributed by atoms with Crippen LogP contribution in [0.4, 0.5) is 0 Å². The second kappa shape index (κ2) is 10.2. The lowest BCUT2D eigenvalue weighted by Gasteiger charge is -2.24. The second-order valence-corrected chi connectivity index (χ2v) is 8.79. The SMILES string of the molecule is CO[Si](CCCSCC([NH3+])CC(C)N)(OC)OC. The first-order chi connectivity index (χ1) is 8.49. The topological polar surface area (TPSA) is 81.4 Å². The molecule has 0 aromatic carbocycles. The Bertz CT molecular complexity index is 198. The second-order valence-electron chi connectivity index (χ2n) is 4.55. The zero-order chi connectivity index (χ0) is 14.0. The van der Waals surface area contributed by atoms with Crippen LogP contribution in [0.15, 0.2) is 0 Å². The minimum atomic E-state index is -2.37. The molecule has 0 saturated carbocycles. The third kappa shape index (κ3) is 7.73. The Balaban J connectivity index is 3.66. The van der Waals surface area contributed by atoms with Gasteiger partial charge in [-0.25, -0.2) is 0 Å². The molecule has 110 valence electrons. The van der Waals surface area contributed by atoms with E-state index in [4.69, 9.17) is 19.0 Å². The summed E-state index contributed by atoms with van der Waals surface area (Å²) in [5.74, 6) is 2.14. The van der Waals surface area contributed by atoms with E-state index in [1.54, 1.807) is 21.3 Å². The molecule has 0 aromatic rings. The quantitative estimate of drug-likeness (QED) is 0.424. The van der Waals surface area contributed by atoms with Gasteiger partial charge in [-0.1, -0.05) is 0 Å². The molecule has 0 aromatic heterocycles. The molecule has 18 heavy (non-hydrogen) atoms. The van der Waals surface area contributed by atoms with E-state index in [1.165, 1.54) is 0 Å². The lowest BCUT2D eigenvalue weighted by molar-refractivity contribution is -0.413. The minimum absolute atomic E-state index is 0.239. The number of nitrogens with two attached hydrogens (primary N) is 1. The van der Waals surface area contributed by atoms with Crippen LogP contribution in [0, 0.1) is 0 Å². The number of hydrogen-bond donors (Lipinski definition) is 2. The molecule has 0 bridgehead atoms. The van der Waals surface area contributed by atoms with Gasteiger partial charge in [0.1, 0.15) is 0 Å². The first-order valence-corrected chi connectivity index (χ1v) is 9.40. The highest BCUT2D eigenvalue weighted by molar-refractivity contribution is 7.99. The van der Waals surface area contributed by atoms with Crippen molar-refractivity contribution in [2.45, 2.75) is 37.9 Å². The first-order valence-electron chi connectivity index (χ1n) is 6.31. The van der Waals surface area contributed by atoms with Crippen molar-refractivity contribution >= 4 is 20.6 Å². The van der Waals surface area contributed by atoms with Gasteiger partial charge in [0, 0.05) is 45.6 Å². The first kappa shape index (κ1) is 18.4. The smallest absolute Gasteiger partial charge is 0.377 e. The average molecular weight is 298 g/mol. The van der Waals surface area contributed by atoms with Gasteiger partial charge in [0.2, 0.25) is 0 Å². The molecular weight excluding hydrogens is 268 g/mol. The molecule has 7 heteroatoms. The Morgan fingerprint density at radius 2 is 1.78 bits per heavy atom. The summed E-state index contributed by atoms with van der Waals surface area (Å²) in [5.41, 5.74) is 9.85. The summed E-state index contributed by atoms with van der Waals surface area (Å²) >= 11 is 1.91. The van der Waals surface area contributed by atoms with E-state index in [9.17, 15) is 0 Å². The molecule has 5 nitrogen and oxygen atoms in total. The summed E-state index contributed by atoms with van der Waals surface area (Å²) in [6.07, 6.45) is 2.03. The molecule has 2 atom stereocenters. The molecule has 0 radical (unpaired) electrons. The van der Waals surface area contributed by atoms with Crippen LogP contribution in [-0.4, -0.2) is 53.7 Å². The standard InChI is InChI=1S/C11H28N2O3SSi/c1-10(12)8-11(13)9-17-6-5-7-18(14-2,15-3)16-4/h10-11H,5-9,12-13H2,1-4H3/p+1. The van der Waals surface area contributed by atoms with Crippen molar-refractivity contribution in [1.29, 1.82) is 0 Å². The van der Waals surface area contributed by atoms with Crippen LogP contribution < -0.4 is 11.5 Å². The number of rotatable bonds is 11. The molecular formula is C11H29N2O3SSi+. The average Bonchev–Trinajstić information content (AvgIpc) is 2.33. The molecule has 0 rings (SSSR count). The maximum absolute atomic E-state index is 5.74. The highest BCUT2D eigenvalue weighted by Gasteiger charge is 2.36. The lowest BCUT2D eigenvalue weighted by Crippen LogP contribution is -2.63. The molecule has 0 saturated heterocycles. The third-order valence-electron chi connectivity index (χ3n) is 2.76. The summed E-state index contributed by atoms with van der Waals surface area (Å²) in [7, 11) is 2.59. The molecule has 0 heterocycles. The molecule has 5 N–H and O–H groups in total.